The van der Waals surface area contributed by atoms with Crippen LogP contribution in [0.2, 0.25) is 0 Å². The van der Waals surface area contributed by atoms with Crippen molar-refractivity contribution >= 4 is 15.9 Å². The van der Waals surface area contributed by atoms with E-state index in [4.69, 9.17) is 0 Å². The molecule has 0 radical (unpaired) electrons. The highest BCUT2D eigenvalue weighted by Crippen LogP contribution is 2.16. The van der Waals surface area contributed by atoms with Gasteiger partial charge < -0.3 is 10.6 Å². The molecule has 132 valence electrons. The Morgan fingerprint density at radius 3 is 2.60 bits per heavy atom. The maximum absolute atomic E-state index is 12.1. The molecular formula is C18H21N3O3S. The molecule has 1 aliphatic heterocycles. The van der Waals surface area contributed by atoms with Crippen LogP contribution in [-0.2, 0) is 34.5 Å². The van der Waals surface area contributed by atoms with Gasteiger partial charge in [0.1, 0.15) is 0 Å². The van der Waals surface area contributed by atoms with Crippen LogP contribution in [0.15, 0.2) is 53.4 Å². The molecule has 7 heteroatoms. The molecule has 3 rings (SSSR count). The molecular weight excluding hydrogens is 338 g/mol. The van der Waals surface area contributed by atoms with Crippen molar-refractivity contribution < 1.29 is 13.2 Å². The summed E-state index contributed by atoms with van der Waals surface area (Å²) in [5, 5.41) is 6.10. The van der Waals surface area contributed by atoms with E-state index in [9.17, 15) is 13.2 Å². The van der Waals surface area contributed by atoms with Crippen LogP contribution in [0.5, 0.6) is 0 Å². The predicted octanol–water partition coefficient (Wildman–Crippen LogP) is 1.27. The first-order valence-electron chi connectivity index (χ1n) is 8.17. The van der Waals surface area contributed by atoms with Crippen LogP contribution in [0.25, 0.3) is 0 Å². The Balaban J connectivity index is 1.44. The Hall–Kier alpha value is -2.22. The first-order valence-corrected chi connectivity index (χ1v) is 9.66. The van der Waals surface area contributed by atoms with Crippen LogP contribution in [-0.4, -0.2) is 20.9 Å². The average Bonchev–Trinajstić information content (AvgIpc) is 3.08. The minimum atomic E-state index is -3.57. The largest absolute Gasteiger partial charge is 0.352 e. The first kappa shape index (κ1) is 17.6. The van der Waals surface area contributed by atoms with E-state index in [1.165, 1.54) is 23.3 Å². The third-order valence-electron chi connectivity index (χ3n) is 4.09. The van der Waals surface area contributed by atoms with Gasteiger partial charge in [-0.3, -0.25) is 4.79 Å². The lowest BCUT2D eigenvalue weighted by Gasteiger charge is -2.08. The second kappa shape index (κ2) is 7.77. The molecule has 0 aliphatic carbocycles. The van der Waals surface area contributed by atoms with Gasteiger partial charge in [-0.05, 0) is 28.8 Å². The van der Waals surface area contributed by atoms with Gasteiger partial charge in [-0.15, -0.1) is 0 Å². The van der Waals surface area contributed by atoms with Crippen LogP contribution in [0.3, 0.4) is 0 Å². The summed E-state index contributed by atoms with van der Waals surface area (Å²) in [6, 6.07) is 14.3. The van der Waals surface area contributed by atoms with Gasteiger partial charge in [0.05, 0.1) is 4.90 Å². The molecule has 0 saturated heterocycles. The van der Waals surface area contributed by atoms with Crippen molar-refractivity contribution in [2.24, 2.45) is 0 Å². The fraction of sp³-hybridized carbons (Fsp3) is 0.278. The monoisotopic (exact) mass is 359 g/mol. The van der Waals surface area contributed by atoms with Crippen LogP contribution >= 0.6 is 0 Å². The zero-order chi connectivity index (χ0) is 17.7. The summed E-state index contributed by atoms with van der Waals surface area (Å²) < 4.78 is 26.5. The number of hydrogen-bond acceptors (Lipinski definition) is 4. The summed E-state index contributed by atoms with van der Waals surface area (Å²) >= 11 is 0. The molecule has 1 amide bonds. The second-order valence-corrected chi connectivity index (χ2v) is 7.71. The highest BCUT2D eigenvalue weighted by Gasteiger charge is 2.14. The van der Waals surface area contributed by atoms with Crippen molar-refractivity contribution in [1.29, 1.82) is 0 Å². The van der Waals surface area contributed by atoms with Gasteiger partial charge in [-0.2, -0.15) is 0 Å². The number of amides is 1. The van der Waals surface area contributed by atoms with E-state index in [0.717, 1.165) is 18.7 Å². The fourth-order valence-electron chi connectivity index (χ4n) is 2.73. The lowest BCUT2D eigenvalue weighted by Crippen LogP contribution is -2.30. The van der Waals surface area contributed by atoms with Crippen molar-refractivity contribution in [2.45, 2.75) is 31.0 Å². The molecule has 2 aromatic carbocycles. The van der Waals surface area contributed by atoms with E-state index in [-0.39, 0.29) is 23.8 Å². The molecule has 0 fully saturated rings. The van der Waals surface area contributed by atoms with E-state index in [2.05, 4.69) is 27.5 Å². The SMILES string of the molecule is O=C(CCNS(=O)(=O)c1ccccc1)NCc1ccc2c(c1)CNC2. The molecule has 1 heterocycles. The Labute approximate surface area is 147 Å². The van der Waals surface area contributed by atoms with Crippen molar-refractivity contribution in [1.82, 2.24) is 15.4 Å². The Kier molecular flexibility index (Phi) is 5.47. The lowest BCUT2D eigenvalue weighted by molar-refractivity contribution is -0.121. The molecule has 25 heavy (non-hydrogen) atoms. The van der Waals surface area contributed by atoms with Crippen LogP contribution in [0.4, 0.5) is 0 Å². The smallest absolute Gasteiger partial charge is 0.240 e. The van der Waals surface area contributed by atoms with Crippen molar-refractivity contribution in [3.8, 4) is 0 Å². The number of nitrogens with one attached hydrogen (secondary N) is 3. The third kappa shape index (κ3) is 4.66. The zero-order valence-corrected chi connectivity index (χ0v) is 14.6. The van der Waals surface area contributed by atoms with Gasteiger partial charge in [0.25, 0.3) is 0 Å². The molecule has 3 N–H and O–H groups in total. The quantitative estimate of drug-likeness (QED) is 0.695. The maximum Gasteiger partial charge on any atom is 0.240 e. The minimum absolute atomic E-state index is 0.0666. The summed E-state index contributed by atoms with van der Waals surface area (Å²) in [4.78, 5) is 12.1. The Morgan fingerprint density at radius 1 is 1.04 bits per heavy atom. The van der Waals surface area contributed by atoms with Crippen LogP contribution in [0.1, 0.15) is 23.1 Å². The van der Waals surface area contributed by atoms with E-state index < -0.39 is 10.0 Å². The highest BCUT2D eigenvalue weighted by molar-refractivity contribution is 7.89. The minimum Gasteiger partial charge on any atom is -0.352 e. The number of carbonyl (C=O) groups excluding carboxylic acids is 1. The third-order valence-corrected chi connectivity index (χ3v) is 5.57. The normalized spacial score (nSPS) is 13.4. The topological polar surface area (TPSA) is 87.3 Å². The molecule has 1 aliphatic rings. The summed E-state index contributed by atoms with van der Waals surface area (Å²) in [5.41, 5.74) is 3.61. The van der Waals surface area contributed by atoms with Crippen LogP contribution < -0.4 is 15.4 Å². The molecule has 0 aromatic heterocycles. The number of fused-ring (bicyclic) bond motifs is 1. The standard InChI is InChI=1S/C18H21N3O3S/c22-18(8-9-21-25(23,24)17-4-2-1-3-5-17)20-11-14-6-7-15-12-19-13-16(15)10-14/h1-7,10,19,21H,8-9,11-13H2,(H,20,22). The van der Waals surface area contributed by atoms with Gasteiger partial charge in [0, 0.05) is 32.6 Å². The average molecular weight is 359 g/mol. The summed E-state index contributed by atoms with van der Waals surface area (Å²) in [7, 11) is -3.57. The first-order chi connectivity index (χ1) is 12.0. The van der Waals surface area contributed by atoms with Crippen molar-refractivity contribution in [3.05, 3.63) is 65.2 Å². The predicted molar refractivity (Wildman–Crippen MR) is 95.1 cm³/mol. The Morgan fingerprint density at radius 2 is 1.80 bits per heavy atom. The molecule has 6 nitrogen and oxygen atoms in total. The number of benzene rings is 2. The van der Waals surface area contributed by atoms with Crippen molar-refractivity contribution in [2.75, 3.05) is 6.54 Å². The van der Waals surface area contributed by atoms with E-state index >= 15 is 0 Å². The van der Waals surface area contributed by atoms with Gasteiger partial charge in [0.2, 0.25) is 15.9 Å². The number of rotatable bonds is 7. The van der Waals surface area contributed by atoms with Gasteiger partial charge in [-0.1, -0.05) is 36.4 Å². The van der Waals surface area contributed by atoms with Gasteiger partial charge >= 0.3 is 0 Å². The molecule has 0 spiro atoms. The highest BCUT2D eigenvalue weighted by atomic mass is 32.2. The summed E-state index contributed by atoms with van der Waals surface area (Å²) in [5.74, 6) is -0.186. The fourth-order valence-corrected chi connectivity index (χ4v) is 3.78. The maximum atomic E-state index is 12.1. The number of carbonyl (C=O) groups is 1. The molecule has 0 bridgehead atoms. The van der Waals surface area contributed by atoms with Gasteiger partial charge in [0.15, 0.2) is 0 Å². The number of hydrogen-bond donors (Lipinski definition) is 3. The van der Waals surface area contributed by atoms with E-state index in [0.29, 0.717) is 6.54 Å². The number of sulfonamides is 1. The molecule has 0 unspecified atom stereocenters. The van der Waals surface area contributed by atoms with E-state index in [1.807, 2.05) is 6.07 Å². The van der Waals surface area contributed by atoms with Gasteiger partial charge in [-0.25, -0.2) is 13.1 Å². The van der Waals surface area contributed by atoms with E-state index in [1.54, 1.807) is 18.2 Å². The lowest BCUT2D eigenvalue weighted by atomic mass is 10.1. The van der Waals surface area contributed by atoms with Crippen LogP contribution in [0, 0.1) is 0 Å². The summed E-state index contributed by atoms with van der Waals surface area (Å²) in [6.45, 7) is 2.26. The van der Waals surface area contributed by atoms with Crippen molar-refractivity contribution in [3.63, 3.8) is 0 Å². The summed E-state index contributed by atoms with van der Waals surface area (Å²) in [6.07, 6.45) is 0.0958. The Bertz CT molecular complexity index is 851. The molecule has 0 atom stereocenters. The second-order valence-electron chi connectivity index (χ2n) is 5.94. The molecule has 2 aromatic rings. The zero-order valence-electron chi connectivity index (χ0n) is 13.8. The molecule has 0 saturated carbocycles.